The van der Waals surface area contributed by atoms with Gasteiger partial charge in [0.15, 0.2) is 0 Å². The Labute approximate surface area is 120 Å². The second kappa shape index (κ2) is 5.80. The fourth-order valence-electron chi connectivity index (χ4n) is 2.92. The Morgan fingerprint density at radius 2 is 2.20 bits per heavy atom. The van der Waals surface area contributed by atoms with Crippen molar-refractivity contribution in [3.05, 3.63) is 35.1 Å². The first kappa shape index (κ1) is 14.0. The Bertz CT molecular complexity index is 476. The molecule has 4 heteroatoms. The van der Waals surface area contributed by atoms with Crippen LogP contribution in [0.3, 0.4) is 0 Å². The third kappa shape index (κ3) is 3.03. The molecular weight excluding hydrogens is 255 g/mol. The monoisotopic (exact) mass is 278 g/mol. The van der Waals surface area contributed by atoms with Crippen LogP contribution in [0.1, 0.15) is 30.0 Å². The molecule has 20 heavy (non-hydrogen) atoms. The van der Waals surface area contributed by atoms with Crippen molar-refractivity contribution in [1.29, 1.82) is 0 Å². The van der Waals surface area contributed by atoms with Crippen LogP contribution >= 0.6 is 0 Å². The molecule has 2 fully saturated rings. The van der Waals surface area contributed by atoms with Crippen molar-refractivity contribution < 1.29 is 9.13 Å². The molecule has 3 rings (SSSR count). The van der Waals surface area contributed by atoms with E-state index in [1.165, 1.54) is 12.8 Å². The van der Waals surface area contributed by atoms with E-state index in [-0.39, 0.29) is 18.0 Å². The topological polar surface area (TPSA) is 24.5 Å². The summed E-state index contributed by atoms with van der Waals surface area (Å²) >= 11 is 0. The van der Waals surface area contributed by atoms with Gasteiger partial charge in [-0.3, -0.25) is 4.90 Å². The third-order valence-electron chi connectivity index (χ3n) is 4.31. The van der Waals surface area contributed by atoms with Crippen molar-refractivity contribution in [2.45, 2.75) is 38.0 Å². The molecule has 1 aromatic carbocycles. The Balaban J connectivity index is 1.78. The van der Waals surface area contributed by atoms with Crippen LogP contribution in [0.4, 0.5) is 4.39 Å². The number of morpholine rings is 1. The van der Waals surface area contributed by atoms with Gasteiger partial charge in [0.25, 0.3) is 0 Å². The van der Waals surface area contributed by atoms with Gasteiger partial charge in [0.05, 0.1) is 18.8 Å². The highest BCUT2D eigenvalue weighted by Crippen LogP contribution is 2.30. The Hall–Kier alpha value is -0.970. The summed E-state index contributed by atoms with van der Waals surface area (Å²) in [6.07, 6.45) is 2.70. The molecular formula is C16H23FN2O. The molecule has 2 aliphatic rings. The molecule has 0 radical (unpaired) electrons. The lowest BCUT2D eigenvalue weighted by Crippen LogP contribution is -2.47. The lowest BCUT2D eigenvalue weighted by atomic mass is 9.96. The van der Waals surface area contributed by atoms with E-state index in [1.54, 1.807) is 6.07 Å². The van der Waals surface area contributed by atoms with Crippen LogP contribution < -0.4 is 5.32 Å². The van der Waals surface area contributed by atoms with Gasteiger partial charge < -0.3 is 10.1 Å². The van der Waals surface area contributed by atoms with Crippen molar-refractivity contribution in [2.75, 3.05) is 26.7 Å². The molecule has 1 saturated heterocycles. The maximum Gasteiger partial charge on any atom is 0.126 e. The quantitative estimate of drug-likeness (QED) is 0.914. The molecule has 0 spiro atoms. The van der Waals surface area contributed by atoms with Gasteiger partial charge in [-0.25, -0.2) is 4.39 Å². The number of nitrogens with zero attached hydrogens (tertiary/aromatic N) is 1. The standard InChI is InChI=1S/C16H23FN2O/c1-11-9-12(3-6-14(11)17)16-15(10-18-13-4-5-13)20-8-7-19(16)2/h3,6,9,13,15-16,18H,4-5,7-8,10H2,1-2H3. The van der Waals surface area contributed by atoms with E-state index in [0.29, 0.717) is 11.6 Å². The van der Waals surface area contributed by atoms with Gasteiger partial charge in [-0.2, -0.15) is 0 Å². The number of aryl methyl sites for hydroxylation is 1. The van der Waals surface area contributed by atoms with Crippen molar-refractivity contribution in [2.24, 2.45) is 0 Å². The molecule has 1 aromatic rings. The number of hydrogen-bond acceptors (Lipinski definition) is 3. The predicted octanol–water partition coefficient (Wildman–Crippen LogP) is 2.26. The van der Waals surface area contributed by atoms with Crippen molar-refractivity contribution >= 4 is 0 Å². The van der Waals surface area contributed by atoms with Gasteiger partial charge in [-0.1, -0.05) is 12.1 Å². The number of nitrogens with one attached hydrogen (secondary N) is 1. The molecule has 1 aliphatic carbocycles. The second-order valence-corrected chi connectivity index (χ2v) is 6.03. The molecule has 110 valence electrons. The van der Waals surface area contributed by atoms with Gasteiger partial charge in [-0.05, 0) is 44.0 Å². The maximum atomic E-state index is 13.5. The van der Waals surface area contributed by atoms with Crippen LogP contribution in [0.25, 0.3) is 0 Å². The van der Waals surface area contributed by atoms with Gasteiger partial charge in [0.2, 0.25) is 0 Å². The fraction of sp³-hybridized carbons (Fsp3) is 0.625. The maximum absolute atomic E-state index is 13.5. The minimum Gasteiger partial charge on any atom is -0.374 e. The second-order valence-electron chi connectivity index (χ2n) is 6.03. The molecule has 2 atom stereocenters. The number of benzene rings is 1. The predicted molar refractivity (Wildman–Crippen MR) is 77.3 cm³/mol. The molecule has 0 aromatic heterocycles. The van der Waals surface area contributed by atoms with E-state index >= 15 is 0 Å². The molecule has 0 bridgehead atoms. The third-order valence-corrected chi connectivity index (χ3v) is 4.31. The van der Waals surface area contributed by atoms with Crippen LogP contribution in [0.5, 0.6) is 0 Å². The van der Waals surface area contributed by atoms with Crippen molar-refractivity contribution in [3.8, 4) is 0 Å². The van der Waals surface area contributed by atoms with Crippen LogP contribution in [-0.4, -0.2) is 43.8 Å². The van der Waals surface area contributed by atoms with Crippen LogP contribution in [0.2, 0.25) is 0 Å². The van der Waals surface area contributed by atoms with Crippen LogP contribution in [0.15, 0.2) is 18.2 Å². The number of halogens is 1. The highest BCUT2D eigenvalue weighted by Gasteiger charge is 2.33. The van der Waals surface area contributed by atoms with Crippen molar-refractivity contribution in [3.63, 3.8) is 0 Å². The SMILES string of the molecule is Cc1cc(C2C(CNC3CC3)OCCN2C)ccc1F. The molecule has 1 N–H and O–H groups in total. The normalized spacial score (nSPS) is 27.8. The van der Waals surface area contributed by atoms with Gasteiger partial charge >= 0.3 is 0 Å². The minimum atomic E-state index is -0.138. The van der Waals surface area contributed by atoms with E-state index in [9.17, 15) is 4.39 Å². The van der Waals surface area contributed by atoms with Gasteiger partial charge in [0, 0.05) is 19.1 Å². The number of ether oxygens (including phenoxy) is 1. The summed E-state index contributed by atoms with van der Waals surface area (Å²) in [5, 5.41) is 3.55. The molecule has 1 heterocycles. The zero-order valence-electron chi connectivity index (χ0n) is 12.2. The zero-order valence-corrected chi connectivity index (χ0v) is 12.2. The van der Waals surface area contributed by atoms with Crippen LogP contribution in [0, 0.1) is 12.7 Å². The van der Waals surface area contributed by atoms with Crippen molar-refractivity contribution in [1.82, 2.24) is 10.2 Å². The van der Waals surface area contributed by atoms with E-state index in [1.807, 2.05) is 19.1 Å². The van der Waals surface area contributed by atoms with E-state index in [0.717, 1.165) is 25.3 Å². The number of hydrogen-bond donors (Lipinski definition) is 1. The number of likely N-dealkylation sites (N-methyl/N-ethyl adjacent to an activating group) is 1. The Kier molecular flexibility index (Phi) is 4.06. The molecule has 1 saturated carbocycles. The Morgan fingerprint density at radius 1 is 1.40 bits per heavy atom. The minimum absolute atomic E-state index is 0.138. The van der Waals surface area contributed by atoms with Crippen LogP contribution in [-0.2, 0) is 4.74 Å². The lowest BCUT2D eigenvalue weighted by molar-refractivity contribution is -0.0615. The summed E-state index contributed by atoms with van der Waals surface area (Å²) in [6.45, 7) is 4.38. The summed E-state index contributed by atoms with van der Waals surface area (Å²) in [5.74, 6) is -0.138. The zero-order chi connectivity index (χ0) is 14.1. The fourth-order valence-corrected chi connectivity index (χ4v) is 2.92. The van der Waals surface area contributed by atoms with Gasteiger partial charge in [0.1, 0.15) is 5.82 Å². The highest BCUT2D eigenvalue weighted by atomic mass is 19.1. The number of rotatable bonds is 4. The first-order valence-electron chi connectivity index (χ1n) is 7.46. The average molecular weight is 278 g/mol. The molecule has 0 amide bonds. The molecule has 2 unspecified atom stereocenters. The summed E-state index contributed by atoms with van der Waals surface area (Å²) in [7, 11) is 2.12. The summed E-state index contributed by atoms with van der Waals surface area (Å²) in [4.78, 5) is 2.31. The lowest BCUT2D eigenvalue weighted by Gasteiger charge is -2.39. The smallest absolute Gasteiger partial charge is 0.126 e. The van der Waals surface area contributed by atoms with E-state index < -0.39 is 0 Å². The summed E-state index contributed by atoms with van der Waals surface area (Å²) < 4.78 is 19.4. The molecule has 1 aliphatic heterocycles. The summed E-state index contributed by atoms with van der Waals surface area (Å²) in [6, 6.07) is 6.30. The first-order chi connectivity index (χ1) is 9.65. The summed E-state index contributed by atoms with van der Waals surface area (Å²) in [5.41, 5.74) is 1.85. The Morgan fingerprint density at radius 3 is 2.90 bits per heavy atom. The highest BCUT2D eigenvalue weighted by molar-refractivity contribution is 5.27. The first-order valence-corrected chi connectivity index (χ1v) is 7.46. The van der Waals surface area contributed by atoms with Gasteiger partial charge in [-0.15, -0.1) is 0 Å². The average Bonchev–Trinajstić information content (AvgIpc) is 3.24. The molecule has 3 nitrogen and oxygen atoms in total. The van der Waals surface area contributed by atoms with E-state index in [4.69, 9.17) is 4.74 Å². The largest absolute Gasteiger partial charge is 0.374 e. The van der Waals surface area contributed by atoms with E-state index in [2.05, 4.69) is 17.3 Å².